The van der Waals surface area contributed by atoms with Crippen molar-refractivity contribution in [3.63, 3.8) is 0 Å². The van der Waals surface area contributed by atoms with Crippen molar-refractivity contribution in [2.45, 2.75) is 6.42 Å². The molecule has 0 fully saturated rings. The van der Waals surface area contributed by atoms with E-state index in [-0.39, 0.29) is 34.6 Å². The summed E-state index contributed by atoms with van der Waals surface area (Å²) in [4.78, 5) is 10.1. The van der Waals surface area contributed by atoms with Crippen LogP contribution in [0.3, 0.4) is 0 Å². The molecule has 10 heteroatoms. The standard InChI is InChI=1S/C9H11BrFN3O4S/c10-6-4-9(14(15)16)8(5-7(6)11)13-2-1-3-19(12,17)18/h4-5,13H,1-3H2,(H2,12,17,18). The number of primary sulfonamides is 1. The Hall–Kier alpha value is -1.26. The number of nitrogens with zero attached hydrogens (tertiary/aromatic N) is 1. The van der Waals surface area contributed by atoms with Crippen LogP contribution in [0.4, 0.5) is 15.8 Å². The lowest BCUT2D eigenvalue weighted by Crippen LogP contribution is -2.18. The maximum absolute atomic E-state index is 13.3. The third kappa shape index (κ3) is 5.09. The van der Waals surface area contributed by atoms with Gasteiger partial charge in [0.05, 0.1) is 15.1 Å². The molecule has 0 saturated carbocycles. The third-order valence-corrected chi connectivity index (χ3v) is 3.62. The van der Waals surface area contributed by atoms with Crippen LogP contribution in [-0.2, 0) is 10.0 Å². The molecular formula is C9H11BrFN3O4S. The van der Waals surface area contributed by atoms with Crippen LogP contribution >= 0.6 is 15.9 Å². The highest BCUT2D eigenvalue weighted by atomic mass is 79.9. The van der Waals surface area contributed by atoms with Gasteiger partial charge in [-0.15, -0.1) is 0 Å². The second kappa shape index (κ2) is 6.26. The van der Waals surface area contributed by atoms with E-state index >= 15 is 0 Å². The highest BCUT2D eigenvalue weighted by molar-refractivity contribution is 9.10. The Kier molecular flexibility index (Phi) is 5.20. The summed E-state index contributed by atoms with van der Waals surface area (Å²) < 4.78 is 34.7. The van der Waals surface area contributed by atoms with Crippen molar-refractivity contribution in [3.8, 4) is 0 Å². The van der Waals surface area contributed by atoms with E-state index in [0.29, 0.717) is 0 Å². The molecule has 0 unspecified atom stereocenters. The van der Waals surface area contributed by atoms with E-state index in [2.05, 4.69) is 21.2 Å². The van der Waals surface area contributed by atoms with Crippen molar-refractivity contribution in [1.29, 1.82) is 0 Å². The number of nitro groups is 1. The predicted molar refractivity (Wildman–Crippen MR) is 71.8 cm³/mol. The van der Waals surface area contributed by atoms with E-state index in [1.807, 2.05) is 0 Å². The van der Waals surface area contributed by atoms with Gasteiger partial charge in [-0.25, -0.2) is 17.9 Å². The summed E-state index contributed by atoms with van der Waals surface area (Å²) in [6, 6.07) is 2.01. The highest BCUT2D eigenvalue weighted by Crippen LogP contribution is 2.30. The molecule has 7 nitrogen and oxygen atoms in total. The van der Waals surface area contributed by atoms with Crippen LogP contribution in [0.2, 0.25) is 0 Å². The number of benzene rings is 1. The van der Waals surface area contributed by atoms with Crippen LogP contribution in [0.15, 0.2) is 16.6 Å². The van der Waals surface area contributed by atoms with Crippen molar-refractivity contribution in [2.24, 2.45) is 5.14 Å². The van der Waals surface area contributed by atoms with E-state index in [0.717, 1.165) is 12.1 Å². The second-order valence-electron chi connectivity index (χ2n) is 3.69. The average molecular weight is 356 g/mol. The van der Waals surface area contributed by atoms with Gasteiger partial charge < -0.3 is 5.32 Å². The van der Waals surface area contributed by atoms with Crippen molar-refractivity contribution in [3.05, 3.63) is 32.5 Å². The fourth-order valence-corrected chi connectivity index (χ4v) is 2.20. The summed E-state index contributed by atoms with van der Waals surface area (Å²) in [7, 11) is -3.58. The van der Waals surface area contributed by atoms with Gasteiger partial charge in [0, 0.05) is 18.7 Å². The molecule has 0 atom stereocenters. The minimum atomic E-state index is -3.58. The van der Waals surface area contributed by atoms with Gasteiger partial charge in [0.2, 0.25) is 10.0 Å². The number of halogens is 2. The van der Waals surface area contributed by atoms with Gasteiger partial charge in [0.25, 0.3) is 5.69 Å². The maximum atomic E-state index is 13.3. The SMILES string of the molecule is NS(=O)(=O)CCCNc1cc(F)c(Br)cc1[N+](=O)[O-]. The first kappa shape index (κ1) is 15.8. The number of hydrogen-bond donors (Lipinski definition) is 2. The molecule has 1 aromatic rings. The van der Waals surface area contributed by atoms with E-state index in [4.69, 9.17) is 5.14 Å². The molecule has 0 radical (unpaired) electrons. The maximum Gasteiger partial charge on any atom is 0.293 e. The summed E-state index contributed by atoms with van der Waals surface area (Å²) >= 11 is 2.85. The fraction of sp³-hybridized carbons (Fsp3) is 0.333. The van der Waals surface area contributed by atoms with Crippen molar-refractivity contribution >= 4 is 37.3 Å². The number of rotatable bonds is 6. The molecule has 0 aliphatic carbocycles. The average Bonchev–Trinajstić information content (AvgIpc) is 2.27. The molecule has 0 spiro atoms. The Balaban J connectivity index is 2.77. The summed E-state index contributed by atoms with van der Waals surface area (Å²) in [5.74, 6) is -0.910. The zero-order valence-electron chi connectivity index (χ0n) is 9.60. The minimum absolute atomic E-state index is 0.0138. The van der Waals surface area contributed by atoms with Crippen LogP contribution in [-0.4, -0.2) is 25.6 Å². The van der Waals surface area contributed by atoms with Gasteiger partial charge in [-0.05, 0) is 22.4 Å². The Bertz CT molecular complexity index is 593. The molecular weight excluding hydrogens is 345 g/mol. The molecule has 0 amide bonds. The number of hydrogen-bond acceptors (Lipinski definition) is 5. The molecule has 3 N–H and O–H groups in total. The summed E-state index contributed by atoms with van der Waals surface area (Å²) in [5.41, 5.74) is -0.316. The number of sulfonamides is 1. The van der Waals surface area contributed by atoms with Crippen LogP contribution in [0.25, 0.3) is 0 Å². The van der Waals surface area contributed by atoms with Crippen LogP contribution in [0.1, 0.15) is 6.42 Å². The zero-order valence-corrected chi connectivity index (χ0v) is 12.0. The van der Waals surface area contributed by atoms with Crippen LogP contribution < -0.4 is 10.5 Å². The van der Waals surface area contributed by atoms with E-state index < -0.39 is 20.8 Å². The molecule has 1 aromatic carbocycles. The Morgan fingerprint density at radius 3 is 2.63 bits per heavy atom. The minimum Gasteiger partial charge on any atom is -0.379 e. The molecule has 1 rings (SSSR count). The van der Waals surface area contributed by atoms with Gasteiger partial charge in [0.1, 0.15) is 11.5 Å². The van der Waals surface area contributed by atoms with E-state index in [1.165, 1.54) is 0 Å². The zero-order chi connectivity index (χ0) is 14.6. The quantitative estimate of drug-likeness (QED) is 0.456. The lowest BCUT2D eigenvalue weighted by molar-refractivity contribution is -0.384. The van der Waals surface area contributed by atoms with Gasteiger partial charge >= 0.3 is 0 Å². The molecule has 0 aliphatic heterocycles. The summed E-state index contributed by atoms with van der Waals surface area (Å²) in [6.07, 6.45) is 0.160. The Morgan fingerprint density at radius 2 is 2.11 bits per heavy atom. The Morgan fingerprint density at radius 1 is 1.47 bits per heavy atom. The largest absolute Gasteiger partial charge is 0.379 e. The third-order valence-electron chi connectivity index (χ3n) is 2.16. The lowest BCUT2D eigenvalue weighted by Gasteiger charge is -2.07. The van der Waals surface area contributed by atoms with Crippen molar-refractivity contribution < 1.29 is 17.7 Å². The molecule has 0 aromatic heterocycles. The molecule has 0 bridgehead atoms. The van der Waals surface area contributed by atoms with Crippen molar-refractivity contribution in [2.75, 3.05) is 17.6 Å². The molecule has 19 heavy (non-hydrogen) atoms. The smallest absolute Gasteiger partial charge is 0.293 e. The highest BCUT2D eigenvalue weighted by Gasteiger charge is 2.17. The second-order valence-corrected chi connectivity index (χ2v) is 6.28. The number of nitro benzene ring substituents is 1. The van der Waals surface area contributed by atoms with Crippen LogP contribution in [0.5, 0.6) is 0 Å². The van der Waals surface area contributed by atoms with Gasteiger partial charge in [-0.2, -0.15) is 0 Å². The predicted octanol–water partition coefficient (Wildman–Crippen LogP) is 1.59. The monoisotopic (exact) mass is 355 g/mol. The Labute approximate surface area is 117 Å². The first-order chi connectivity index (χ1) is 8.70. The topological polar surface area (TPSA) is 115 Å². The van der Waals surface area contributed by atoms with Gasteiger partial charge in [0.15, 0.2) is 0 Å². The molecule has 0 heterocycles. The summed E-state index contributed by atoms with van der Waals surface area (Å²) in [5, 5.41) is 18.2. The van der Waals surface area contributed by atoms with Gasteiger partial charge in [-0.1, -0.05) is 0 Å². The number of anilines is 1. The lowest BCUT2D eigenvalue weighted by atomic mass is 10.2. The van der Waals surface area contributed by atoms with E-state index in [1.54, 1.807) is 0 Å². The number of nitrogens with one attached hydrogen (secondary N) is 1. The normalized spacial score (nSPS) is 11.3. The molecule has 0 saturated heterocycles. The molecule has 0 aliphatic rings. The first-order valence-corrected chi connectivity index (χ1v) is 7.59. The van der Waals surface area contributed by atoms with Crippen molar-refractivity contribution in [1.82, 2.24) is 0 Å². The fourth-order valence-electron chi connectivity index (χ4n) is 1.33. The van der Waals surface area contributed by atoms with Crippen LogP contribution in [0, 0.1) is 15.9 Å². The van der Waals surface area contributed by atoms with E-state index in [9.17, 15) is 22.9 Å². The molecule has 106 valence electrons. The number of nitrogens with two attached hydrogens (primary N) is 1. The first-order valence-electron chi connectivity index (χ1n) is 5.08. The van der Waals surface area contributed by atoms with Gasteiger partial charge in [-0.3, -0.25) is 10.1 Å². The summed E-state index contributed by atoms with van der Waals surface area (Å²) in [6.45, 7) is 0.123.